The predicted molar refractivity (Wildman–Crippen MR) is 108 cm³/mol. The number of carbonyl (C=O) groups is 3. The number of carbonyl (C=O) groups excluding carboxylic acids is 3. The zero-order valence-corrected chi connectivity index (χ0v) is 17.1. The molecule has 2 fully saturated rings. The molecule has 29 heavy (non-hydrogen) atoms. The highest BCUT2D eigenvalue weighted by atomic mass is 16.5. The summed E-state index contributed by atoms with van der Waals surface area (Å²) in [5.41, 5.74) is 0.294. The average molecular weight is 402 g/mol. The van der Waals surface area contributed by atoms with Gasteiger partial charge in [0.2, 0.25) is 5.91 Å². The number of rotatable bonds is 5. The lowest BCUT2D eigenvalue weighted by Gasteiger charge is -2.33. The van der Waals surface area contributed by atoms with Gasteiger partial charge >= 0.3 is 5.97 Å². The molecule has 3 rings (SSSR count). The van der Waals surface area contributed by atoms with Crippen molar-refractivity contribution in [2.45, 2.75) is 69.9 Å². The van der Waals surface area contributed by atoms with Crippen LogP contribution in [-0.4, -0.2) is 53.4 Å². The third-order valence-corrected chi connectivity index (χ3v) is 6.08. The maximum Gasteiger partial charge on any atom is 0.328 e. The third-order valence-electron chi connectivity index (χ3n) is 6.08. The van der Waals surface area contributed by atoms with Gasteiger partial charge in [-0.2, -0.15) is 0 Å². The zero-order valence-electron chi connectivity index (χ0n) is 17.1. The minimum absolute atomic E-state index is 0.0642. The van der Waals surface area contributed by atoms with Crippen LogP contribution < -0.4 is 5.32 Å². The maximum atomic E-state index is 13.5. The van der Waals surface area contributed by atoms with E-state index < -0.39 is 12.1 Å². The number of esters is 1. The van der Waals surface area contributed by atoms with Crippen molar-refractivity contribution in [3.63, 3.8) is 0 Å². The predicted octanol–water partition coefficient (Wildman–Crippen LogP) is 2.70. The first-order chi connectivity index (χ1) is 14.1. The number of aromatic nitrogens is 1. The molecule has 1 aromatic rings. The largest absolute Gasteiger partial charge is 0.467 e. The lowest BCUT2D eigenvalue weighted by molar-refractivity contribution is -0.152. The minimum atomic E-state index is -0.645. The highest BCUT2D eigenvalue weighted by Gasteiger charge is 2.40. The molecule has 1 saturated heterocycles. The van der Waals surface area contributed by atoms with Gasteiger partial charge in [-0.1, -0.05) is 38.2 Å². The summed E-state index contributed by atoms with van der Waals surface area (Å²) in [4.78, 5) is 44.2. The van der Waals surface area contributed by atoms with Crippen LogP contribution in [0.15, 0.2) is 24.4 Å². The van der Waals surface area contributed by atoms with Crippen molar-refractivity contribution in [1.82, 2.24) is 15.2 Å². The second kappa shape index (κ2) is 10.4. The van der Waals surface area contributed by atoms with Crippen molar-refractivity contribution in [3.8, 4) is 0 Å². The van der Waals surface area contributed by atoms with Gasteiger partial charge in [-0.25, -0.2) is 4.79 Å². The molecule has 0 spiro atoms. The first kappa shape index (κ1) is 21.3. The van der Waals surface area contributed by atoms with Crippen molar-refractivity contribution in [2.75, 3.05) is 13.7 Å². The molecule has 1 aliphatic carbocycles. The van der Waals surface area contributed by atoms with Crippen LogP contribution in [0, 0.1) is 5.92 Å². The molecule has 1 aliphatic heterocycles. The fourth-order valence-electron chi connectivity index (χ4n) is 4.50. The van der Waals surface area contributed by atoms with Crippen LogP contribution in [0.5, 0.6) is 0 Å². The van der Waals surface area contributed by atoms with Gasteiger partial charge in [-0.3, -0.25) is 14.6 Å². The summed E-state index contributed by atoms with van der Waals surface area (Å²) in [5.74, 6) is -0.842. The lowest BCUT2D eigenvalue weighted by Crippen LogP contribution is -2.55. The van der Waals surface area contributed by atoms with E-state index in [-0.39, 0.29) is 23.7 Å². The third kappa shape index (κ3) is 5.34. The van der Waals surface area contributed by atoms with E-state index in [0.29, 0.717) is 18.7 Å². The normalized spacial score (nSPS) is 21.7. The molecule has 0 unspecified atom stereocenters. The second-order valence-electron chi connectivity index (χ2n) is 7.98. The number of likely N-dealkylation sites (tertiary alicyclic amines) is 1. The first-order valence-corrected chi connectivity index (χ1v) is 10.7. The Morgan fingerprint density at radius 3 is 2.45 bits per heavy atom. The van der Waals surface area contributed by atoms with Crippen molar-refractivity contribution in [1.29, 1.82) is 0 Å². The summed E-state index contributed by atoms with van der Waals surface area (Å²) in [7, 11) is 1.35. The van der Waals surface area contributed by atoms with Crippen LogP contribution in [0.3, 0.4) is 0 Å². The van der Waals surface area contributed by atoms with E-state index in [1.807, 2.05) is 0 Å². The number of hydrogen-bond acceptors (Lipinski definition) is 5. The Morgan fingerprint density at radius 1 is 1.07 bits per heavy atom. The summed E-state index contributed by atoms with van der Waals surface area (Å²) < 4.78 is 4.90. The summed E-state index contributed by atoms with van der Waals surface area (Å²) in [6, 6.07) is 3.94. The Morgan fingerprint density at radius 2 is 1.79 bits per heavy atom. The van der Waals surface area contributed by atoms with Gasteiger partial charge < -0.3 is 15.0 Å². The summed E-state index contributed by atoms with van der Waals surface area (Å²) in [6.45, 7) is 0.515. The van der Waals surface area contributed by atoms with Crippen LogP contribution >= 0.6 is 0 Å². The standard InChI is InChI=1S/C22H31N3O4/c1-29-22(28)18-13-9-15-25(18)21(27)19(16-10-5-3-2-4-6-11-16)24-20(26)17-12-7-8-14-23-17/h7-8,12,14,16,18-19H,2-6,9-11,13,15H2,1H3,(H,24,26)/t18-,19-/m0/s1. The lowest BCUT2D eigenvalue weighted by atomic mass is 9.85. The molecule has 158 valence electrons. The fourth-order valence-corrected chi connectivity index (χ4v) is 4.50. The highest BCUT2D eigenvalue weighted by Crippen LogP contribution is 2.28. The molecule has 0 aromatic carbocycles. The van der Waals surface area contributed by atoms with Gasteiger partial charge in [0, 0.05) is 12.7 Å². The van der Waals surface area contributed by atoms with Gasteiger partial charge in [0.15, 0.2) is 0 Å². The number of methoxy groups -OCH3 is 1. The molecule has 2 atom stereocenters. The highest BCUT2D eigenvalue weighted by molar-refractivity contribution is 5.97. The van der Waals surface area contributed by atoms with E-state index >= 15 is 0 Å². The Hall–Kier alpha value is -2.44. The maximum absolute atomic E-state index is 13.5. The van der Waals surface area contributed by atoms with Gasteiger partial charge in [0.05, 0.1) is 7.11 Å². The Bertz CT molecular complexity index is 701. The molecule has 0 radical (unpaired) electrons. The van der Waals surface area contributed by atoms with E-state index in [0.717, 1.165) is 44.9 Å². The van der Waals surface area contributed by atoms with Crippen LogP contribution in [0.1, 0.15) is 68.3 Å². The fraction of sp³-hybridized carbons (Fsp3) is 0.636. The topological polar surface area (TPSA) is 88.6 Å². The van der Waals surface area contributed by atoms with E-state index in [2.05, 4.69) is 10.3 Å². The van der Waals surface area contributed by atoms with Crippen LogP contribution in [0.25, 0.3) is 0 Å². The summed E-state index contributed by atoms with van der Waals surface area (Å²) in [5, 5.41) is 2.96. The van der Waals surface area contributed by atoms with Gasteiger partial charge in [-0.05, 0) is 43.7 Å². The van der Waals surface area contributed by atoms with Gasteiger partial charge in [-0.15, -0.1) is 0 Å². The van der Waals surface area contributed by atoms with Crippen LogP contribution in [-0.2, 0) is 14.3 Å². The molecule has 2 heterocycles. The smallest absolute Gasteiger partial charge is 0.328 e. The average Bonchev–Trinajstić information content (AvgIpc) is 3.21. The first-order valence-electron chi connectivity index (χ1n) is 10.7. The van der Waals surface area contributed by atoms with E-state index in [4.69, 9.17) is 4.74 Å². The monoisotopic (exact) mass is 401 g/mol. The number of amides is 2. The van der Waals surface area contributed by atoms with Crippen molar-refractivity contribution in [3.05, 3.63) is 30.1 Å². The molecular formula is C22H31N3O4. The van der Waals surface area contributed by atoms with Gasteiger partial charge in [0.1, 0.15) is 17.8 Å². The zero-order chi connectivity index (χ0) is 20.6. The molecule has 1 aromatic heterocycles. The molecule has 7 heteroatoms. The number of ether oxygens (including phenoxy) is 1. The van der Waals surface area contributed by atoms with Gasteiger partial charge in [0.25, 0.3) is 5.91 Å². The number of nitrogens with one attached hydrogen (secondary N) is 1. The quantitative estimate of drug-likeness (QED) is 0.767. The number of hydrogen-bond donors (Lipinski definition) is 1. The van der Waals surface area contributed by atoms with E-state index in [1.54, 1.807) is 29.3 Å². The van der Waals surface area contributed by atoms with Crippen molar-refractivity contribution < 1.29 is 19.1 Å². The summed E-state index contributed by atoms with van der Waals surface area (Å²) >= 11 is 0. The molecule has 7 nitrogen and oxygen atoms in total. The SMILES string of the molecule is COC(=O)[C@@H]1CCCN1C(=O)[C@@H](NC(=O)c1ccccn1)C1CCCCCCC1. The van der Waals surface area contributed by atoms with Crippen molar-refractivity contribution >= 4 is 17.8 Å². The number of pyridine rings is 1. The Labute approximate surface area is 172 Å². The molecule has 1 saturated carbocycles. The Balaban J connectivity index is 1.81. The molecule has 1 N–H and O–H groups in total. The van der Waals surface area contributed by atoms with E-state index in [1.165, 1.54) is 13.5 Å². The molecule has 0 bridgehead atoms. The minimum Gasteiger partial charge on any atom is -0.467 e. The summed E-state index contributed by atoms with van der Waals surface area (Å²) in [6.07, 6.45) is 10.4. The second-order valence-corrected chi connectivity index (χ2v) is 7.98. The van der Waals surface area contributed by atoms with Crippen molar-refractivity contribution in [2.24, 2.45) is 5.92 Å². The number of nitrogens with zero attached hydrogens (tertiary/aromatic N) is 2. The van der Waals surface area contributed by atoms with E-state index in [9.17, 15) is 14.4 Å². The molecular weight excluding hydrogens is 370 g/mol. The Kier molecular flexibility index (Phi) is 7.61. The van der Waals surface area contributed by atoms with Crippen LogP contribution in [0.4, 0.5) is 0 Å². The van der Waals surface area contributed by atoms with Crippen LogP contribution in [0.2, 0.25) is 0 Å². The molecule has 2 aliphatic rings. The molecule has 2 amide bonds.